The van der Waals surface area contributed by atoms with Crippen LogP contribution < -0.4 is 11.1 Å². The molecule has 1 aromatic heterocycles. The monoisotopic (exact) mass is 379 g/mol. The molecule has 132 valence electrons. The third-order valence-electron chi connectivity index (χ3n) is 4.87. The maximum atomic E-state index is 12.4. The SMILES string of the molecule is CC1(N)CCCCC1C(=O)NCc1nc2c(s1)CCCC2.Cl.Cl. The van der Waals surface area contributed by atoms with Gasteiger partial charge in [-0.3, -0.25) is 4.79 Å². The van der Waals surface area contributed by atoms with Gasteiger partial charge in [-0.1, -0.05) is 12.8 Å². The lowest BCUT2D eigenvalue weighted by Crippen LogP contribution is -2.52. The molecule has 0 aliphatic heterocycles. The Hall–Kier alpha value is -0.360. The standard InChI is InChI=1S/C16H25N3OS.2ClH/c1-16(17)9-5-4-6-11(16)15(20)18-10-14-19-12-7-2-3-8-13(12)21-14;;/h11H,2-10,17H2,1H3,(H,18,20);2*1H. The summed E-state index contributed by atoms with van der Waals surface area (Å²) in [5.74, 6) is 0.0497. The molecular weight excluding hydrogens is 353 g/mol. The molecule has 3 rings (SSSR count). The van der Waals surface area contributed by atoms with Gasteiger partial charge < -0.3 is 11.1 Å². The van der Waals surface area contributed by atoms with Gasteiger partial charge in [-0.25, -0.2) is 4.98 Å². The lowest BCUT2D eigenvalue weighted by atomic mass is 9.74. The first kappa shape index (κ1) is 20.7. The van der Waals surface area contributed by atoms with E-state index in [9.17, 15) is 4.79 Å². The molecule has 3 N–H and O–H groups in total. The van der Waals surface area contributed by atoms with E-state index < -0.39 is 0 Å². The third kappa shape index (κ3) is 4.81. The van der Waals surface area contributed by atoms with Gasteiger partial charge in [0.15, 0.2) is 0 Å². The van der Waals surface area contributed by atoms with Crippen molar-refractivity contribution in [2.45, 2.75) is 70.4 Å². The van der Waals surface area contributed by atoms with E-state index in [0.29, 0.717) is 6.54 Å². The summed E-state index contributed by atoms with van der Waals surface area (Å²) in [5.41, 5.74) is 7.20. The number of aromatic nitrogens is 1. The molecule has 23 heavy (non-hydrogen) atoms. The third-order valence-corrected chi connectivity index (χ3v) is 6.03. The van der Waals surface area contributed by atoms with Gasteiger partial charge in [0.25, 0.3) is 0 Å². The maximum Gasteiger partial charge on any atom is 0.225 e. The molecule has 2 unspecified atom stereocenters. The zero-order valence-corrected chi connectivity index (χ0v) is 16.0. The quantitative estimate of drug-likeness (QED) is 0.845. The van der Waals surface area contributed by atoms with Crippen molar-refractivity contribution in [1.29, 1.82) is 0 Å². The Morgan fingerprint density at radius 2 is 2.04 bits per heavy atom. The molecule has 0 bridgehead atoms. The van der Waals surface area contributed by atoms with Gasteiger partial charge >= 0.3 is 0 Å². The summed E-state index contributed by atoms with van der Waals surface area (Å²) in [6.45, 7) is 2.57. The maximum absolute atomic E-state index is 12.4. The first-order valence-electron chi connectivity index (χ1n) is 8.10. The molecule has 2 atom stereocenters. The summed E-state index contributed by atoms with van der Waals surface area (Å²) in [5, 5.41) is 4.11. The summed E-state index contributed by atoms with van der Waals surface area (Å²) >= 11 is 1.77. The number of halogens is 2. The fraction of sp³-hybridized carbons (Fsp3) is 0.750. The van der Waals surface area contributed by atoms with Crippen molar-refractivity contribution < 1.29 is 4.79 Å². The number of amides is 1. The van der Waals surface area contributed by atoms with Crippen molar-refractivity contribution in [3.05, 3.63) is 15.6 Å². The Balaban J connectivity index is 0.00000132. The highest BCUT2D eigenvalue weighted by atomic mass is 35.5. The molecule has 0 aromatic carbocycles. The summed E-state index contributed by atoms with van der Waals surface area (Å²) < 4.78 is 0. The fourth-order valence-corrected chi connectivity index (χ4v) is 4.65. The number of thiazole rings is 1. The Kier molecular flexibility index (Phi) is 7.78. The normalized spacial score (nSPS) is 26.4. The summed E-state index contributed by atoms with van der Waals surface area (Å²) in [6.07, 6.45) is 8.87. The number of carbonyl (C=O) groups excluding carboxylic acids is 1. The predicted octanol–water partition coefficient (Wildman–Crippen LogP) is 3.39. The van der Waals surface area contributed by atoms with E-state index in [1.54, 1.807) is 11.3 Å². The Morgan fingerprint density at radius 3 is 2.74 bits per heavy atom. The molecule has 0 radical (unpaired) electrons. The number of fused-ring (bicyclic) bond motifs is 1. The second-order valence-electron chi connectivity index (χ2n) is 6.71. The number of nitrogens with zero attached hydrogens (tertiary/aromatic N) is 1. The van der Waals surface area contributed by atoms with Gasteiger partial charge in [-0.2, -0.15) is 0 Å². The van der Waals surface area contributed by atoms with Crippen molar-refractivity contribution >= 4 is 42.1 Å². The van der Waals surface area contributed by atoms with Gasteiger partial charge in [0.2, 0.25) is 5.91 Å². The highest BCUT2D eigenvalue weighted by Gasteiger charge is 2.37. The molecule has 2 aliphatic rings. The van der Waals surface area contributed by atoms with Crippen LogP contribution in [0.5, 0.6) is 0 Å². The van der Waals surface area contributed by atoms with Gasteiger partial charge in [0.1, 0.15) is 5.01 Å². The van der Waals surface area contributed by atoms with Crippen molar-refractivity contribution in [1.82, 2.24) is 10.3 Å². The smallest absolute Gasteiger partial charge is 0.225 e. The van der Waals surface area contributed by atoms with Crippen LogP contribution in [0, 0.1) is 5.92 Å². The number of aryl methyl sites for hydroxylation is 2. The molecule has 1 fully saturated rings. The zero-order chi connectivity index (χ0) is 14.9. The largest absolute Gasteiger partial charge is 0.349 e. The molecule has 1 aromatic rings. The Labute approximate surface area is 154 Å². The van der Waals surface area contributed by atoms with Crippen LogP contribution in [0.15, 0.2) is 0 Å². The van der Waals surface area contributed by atoms with E-state index in [2.05, 4.69) is 10.3 Å². The molecule has 4 nitrogen and oxygen atoms in total. The number of nitrogens with two attached hydrogens (primary N) is 1. The molecule has 0 spiro atoms. The molecular formula is C16H27Cl2N3OS. The first-order chi connectivity index (χ1) is 10.1. The van der Waals surface area contributed by atoms with E-state index in [1.165, 1.54) is 23.4 Å². The second-order valence-corrected chi connectivity index (χ2v) is 7.87. The zero-order valence-electron chi connectivity index (χ0n) is 13.6. The minimum absolute atomic E-state index is 0. The van der Waals surface area contributed by atoms with Crippen molar-refractivity contribution in [2.24, 2.45) is 11.7 Å². The second kappa shape index (κ2) is 8.65. The topological polar surface area (TPSA) is 68.0 Å². The Bertz CT molecular complexity index is 510. The van der Waals surface area contributed by atoms with Gasteiger partial charge in [-0.15, -0.1) is 36.2 Å². The molecule has 0 saturated heterocycles. The lowest BCUT2D eigenvalue weighted by molar-refractivity contribution is -0.128. The highest BCUT2D eigenvalue weighted by Crippen LogP contribution is 2.32. The van der Waals surface area contributed by atoms with Crippen LogP contribution in [0.4, 0.5) is 0 Å². The van der Waals surface area contributed by atoms with Crippen LogP contribution in [0.2, 0.25) is 0 Å². The highest BCUT2D eigenvalue weighted by molar-refractivity contribution is 7.11. The summed E-state index contributed by atoms with van der Waals surface area (Å²) in [6, 6.07) is 0. The van der Waals surface area contributed by atoms with Gasteiger partial charge in [0, 0.05) is 10.4 Å². The van der Waals surface area contributed by atoms with Gasteiger partial charge in [-0.05, 0) is 45.4 Å². The van der Waals surface area contributed by atoms with Crippen LogP contribution in [-0.4, -0.2) is 16.4 Å². The van der Waals surface area contributed by atoms with E-state index in [-0.39, 0.29) is 42.2 Å². The molecule has 7 heteroatoms. The van der Waals surface area contributed by atoms with Crippen LogP contribution in [-0.2, 0) is 24.2 Å². The van der Waals surface area contributed by atoms with Crippen LogP contribution in [0.3, 0.4) is 0 Å². The van der Waals surface area contributed by atoms with E-state index in [1.807, 2.05) is 6.92 Å². The average molecular weight is 380 g/mol. The van der Waals surface area contributed by atoms with Crippen molar-refractivity contribution in [3.63, 3.8) is 0 Å². The molecule has 1 saturated carbocycles. The number of rotatable bonds is 3. The number of hydrogen-bond acceptors (Lipinski definition) is 4. The molecule has 1 heterocycles. The average Bonchev–Trinajstić information content (AvgIpc) is 2.87. The number of carbonyl (C=O) groups is 1. The van der Waals surface area contributed by atoms with E-state index in [0.717, 1.165) is 43.5 Å². The minimum Gasteiger partial charge on any atom is -0.349 e. The molecule has 2 aliphatic carbocycles. The lowest BCUT2D eigenvalue weighted by Gasteiger charge is -2.37. The van der Waals surface area contributed by atoms with Gasteiger partial charge in [0.05, 0.1) is 18.2 Å². The minimum atomic E-state index is -0.357. The van der Waals surface area contributed by atoms with Crippen molar-refractivity contribution in [3.8, 4) is 0 Å². The van der Waals surface area contributed by atoms with Crippen LogP contribution >= 0.6 is 36.2 Å². The Morgan fingerprint density at radius 1 is 1.30 bits per heavy atom. The number of hydrogen-bond donors (Lipinski definition) is 2. The first-order valence-corrected chi connectivity index (χ1v) is 8.92. The van der Waals surface area contributed by atoms with E-state index in [4.69, 9.17) is 5.73 Å². The van der Waals surface area contributed by atoms with Crippen molar-refractivity contribution in [2.75, 3.05) is 0 Å². The van der Waals surface area contributed by atoms with Crippen LogP contribution in [0.25, 0.3) is 0 Å². The fourth-order valence-electron chi connectivity index (χ4n) is 3.56. The van der Waals surface area contributed by atoms with E-state index >= 15 is 0 Å². The molecule has 1 amide bonds. The predicted molar refractivity (Wildman–Crippen MR) is 99.6 cm³/mol. The number of nitrogens with one attached hydrogen (secondary N) is 1. The summed E-state index contributed by atoms with van der Waals surface area (Å²) in [4.78, 5) is 18.5. The van der Waals surface area contributed by atoms with Crippen LogP contribution in [0.1, 0.15) is 61.0 Å². The summed E-state index contributed by atoms with van der Waals surface area (Å²) in [7, 11) is 0.